The highest BCUT2D eigenvalue weighted by molar-refractivity contribution is 5.32. The predicted octanol–water partition coefficient (Wildman–Crippen LogP) is 2.23. The maximum absolute atomic E-state index is 8.90. The van der Waals surface area contributed by atoms with Gasteiger partial charge in [0.05, 0.1) is 23.0 Å². The minimum Gasteiger partial charge on any atom is -0.296 e. The number of nitriles is 1. The number of aryl methyl sites for hydroxylation is 2. The molecule has 0 atom stereocenters. The van der Waals surface area contributed by atoms with Crippen LogP contribution in [-0.2, 0) is 20.1 Å². The highest BCUT2D eigenvalue weighted by Gasteiger charge is 2.07. The molecule has 19 heavy (non-hydrogen) atoms. The van der Waals surface area contributed by atoms with Crippen molar-refractivity contribution in [3.63, 3.8) is 0 Å². The van der Waals surface area contributed by atoms with Crippen LogP contribution >= 0.6 is 0 Å². The van der Waals surface area contributed by atoms with E-state index < -0.39 is 0 Å². The van der Waals surface area contributed by atoms with Crippen LogP contribution in [0.25, 0.3) is 0 Å². The molecule has 1 heterocycles. The van der Waals surface area contributed by atoms with Gasteiger partial charge < -0.3 is 0 Å². The van der Waals surface area contributed by atoms with Crippen molar-refractivity contribution in [2.75, 3.05) is 7.05 Å². The maximum Gasteiger partial charge on any atom is 0.0991 e. The van der Waals surface area contributed by atoms with Crippen LogP contribution in [-0.4, -0.2) is 21.7 Å². The highest BCUT2D eigenvalue weighted by atomic mass is 15.3. The summed E-state index contributed by atoms with van der Waals surface area (Å²) in [4.78, 5) is 2.22. The normalized spacial score (nSPS) is 10.7. The van der Waals surface area contributed by atoms with Gasteiger partial charge in [0.2, 0.25) is 0 Å². The van der Waals surface area contributed by atoms with E-state index in [1.807, 2.05) is 42.9 Å². The highest BCUT2D eigenvalue weighted by Crippen LogP contribution is 2.10. The van der Waals surface area contributed by atoms with Crippen molar-refractivity contribution >= 4 is 0 Å². The lowest BCUT2D eigenvalue weighted by molar-refractivity contribution is 0.309. The molecule has 0 aliphatic rings. The number of aromatic nitrogens is 2. The van der Waals surface area contributed by atoms with Gasteiger partial charge in [0.1, 0.15) is 0 Å². The van der Waals surface area contributed by atoms with Gasteiger partial charge in [0.25, 0.3) is 0 Å². The standard InChI is InChI=1S/C15H18N4/c1-12-7-15(19(3)17-12)11-18(2)10-14-6-4-5-13(8-14)9-16/h4-8H,10-11H2,1-3H3. The second-order valence-corrected chi connectivity index (χ2v) is 4.89. The topological polar surface area (TPSA) is 44.9 Å². The molecule has 0 N–H and O–H groups in total. The van der Waals surface area contributed by atoms with Crippen LogP contribution < -0.4 is 0 Å². The summed E-state index contributed by atoms with van der Waals surface area (Å²) in [6.07, 6.45) is 0. The summed E-state index contributed by atoms with van der Waals surface area (Å²) >= 11 is 0. The molecular weight excluding hydrogens is 236 g/mol. The molecule has 0 unspecified atom stereocenters. The molecule has 0 fully saturated rings. The zero-order valence-electron chi connectivity index (χ0n) is 11.6. The molecule has 98 valence electrons. The predicted molar refractivity (Wildman–Crippen MR) is 74.3 cm³/mol. The molecule has 0 amide bonds. The molecule has 1 aromatic carbocycles. The fourth-order valence-electron chi connectivity index (χ4n) is 2.20. The minimum atomic E-state index is 0.710. The molecule has 0 aliphatic heterocycles. The van der Waals surface area contributed by atoms with Crippen molar-refractivity contribution in [1.82, 2.24) is 14.7 Å². The first-order valence-electron chi connectivity index (χ1n) is 6.25. The SMILES string of the molecule is Cc1cc(CN(C)Cc2cccc(C#N)c2)n(C)n1. The summed E-state index contributed by atoms with van der Waals surface area (Å²) in [7, 11) is 4.04. The lowest BCUT2D eigenvalue weighted by Crippen LogP contribution is -2.19. The molecule has 0 bridgehead atoms. The minimum absolute atomic E-state index is 0.710. The van der Waals surface area contributed by atoms with Crippen LogP contribution in [0.1, 0.15) is 22.5 Å². The van der Waals surface area contributed by atoms with Crippen molar-refractivity contribution in [3.8, 4) is 6.07 Å². The molecule has 0 saturated carbocycles. The Balaban J connectivity index is 2.03. The van der Waals surface area contributed by atoms with Gasteiger partial charge in [0.15, 0.2) is 0 Å². The van der Waals surface area contributed by atoms with Crippen LogP contribution in [0.5, 0.6) is 0 Å². The van der Waals surface area contributed by atoms with Crippen LogP contribution in [0.15, 0.2) is 30.3 Å². The van der Waals surface area contributed by atoms with E-state index in [4.69, 9.17) is 5.26 Å². The van der Waals surface area contributed by atoms with Crippen LogP contribution in [0.4, 0.5) is 0 Å². The van der Waals surface area contributed by atoms with Crippen molar-refractivity contribution in [2.45, 2.75) is 20.0 Å². The molecular formula is C15H18N4. The third-order valence-electron chi connectivity index (χ3n) is 3.04. The average Bonchev–Trinajstić information content (AvgIpc) is 2.68. The maximum atomic E-state index is 8.90. The smallest absolute Gasteiger partial charge is 0.0991 e. The van der Waals surface area contributed by atoms with Gasteiger partial charge in [-0.2, -0.15) is 10.4 Å². The van der Waals surface area contributed by atoms with Gasteiger partial charge >= 0.3 is 0 Å². The summed E-state index contributed by atoms with van der Waals surface area (Å²) in [5.41, 5.74) is 4.09. The van der Waals surface area contributed by atoms with Gasteiger partial charge in [0, 0.05) is 20.1 Å². The Bertz CT molecular complexity index is 607. The zero-order chi connectivity index (χ0) is 13.8. The zero-order valence-corrected chi connectivity index (χ0v) is 11.6. The van der Waals surface area contributed by atoms with E-state index in [-0.39, 0.29) is 0 Å². The number of benzene rings is 1. The van der Waals surface area contributed by atoms with E-state index in [9.17, 15) is 0 Å². The first-order chi connectivity index (χ1) is 9.08. The Labute approximate surface area is 113 Å². The largest absolute Gasteiger partial charge is 0.296 e. The molecule has 4 nitrogen and oxygen atoms in total. The Morgan fingerprint density at radius 2 is 2.11 bits per heavy atom. The van der Waals surface area contributed by atoms with E-state index in [0.717, 1.165) is 24.3 Å². The second kappa shape index (κ2) is 5.68. The van der Waals surface area contributed by atoms with E-state index in [1.54, 1.807) is 0 Å². The van der Waals surface area contributed by atoms with E-state index in [1.165, 1.54) is 5.69 Å². The number of hydrogen-bond acceptors (Lipinski definition) is 3. The van der Waals surface area contributed by atoms with Crippen LogP contribution in [0.3, 0.4) is 0 Å². The second-order valence-electron chi connectivity index (χ2n) is 4.89. The monoisotopic (exact) mass is 254 g/mol. The van der Waals surface area contributed by atoms with Gasteiger partial charge in [-0.25, -0.2) is 0 Å². The first kappa shape index (κ1) is 13.3. The van der Waals surface area contributed by atoms with E-state index >= 15 is 0 Å². The van der Waals surface area contributed by atoms with Crippen LogP contribution in [0.2, 0.25) is 0 Å². The molecule has 0 saturated heterocycles. The molecule has 0 aliphatic carbocycles. The summed E-state index contributed by atoms with van der Waals surface area (Å²) < 4.78 is 1.91. The Hall–Kier alpha value is -2.12. The van der Waals surface area contributed by atoms with Crippen LogP contribution in [0, 0.1) is 18.3 Å². The first-order valence-corrected chi connectivity index (χ1v) is 6.25. The summed E-state index contributed by atoms with van der Waals surface area (Å²) in [6.45, 7) is 3.66. The third-order valence-corrected chi connectivity index (χ3v) is 3.04. The van der Waals surface area contributed by atoms with Gasteiger partial charge in [-0.15, -0.1) is 0 Å². The molecule has 2 rings (SSSR count). The molecule has 4 heteroatoms. The number of nitrogens with zero attached hydrogens (tertiary/aromatic N) is 4. The average molecular weight is 254 g/mol. The fourth-order valence-corrected chi connectivity index (χ4v) is 2.20. The van der Waals surface area contributed by atoms with Gasteiger partial charge in [-0.3, -0.25) is 9.58 Å². The lowest BCUT2D eigenvalue weighted by atomic mass is 10.1. The number of rotatable bonds is 4. The van der Waals surface area contributed by atoms with Gasteiger partial charge in [-0.1, -0.05) is 12.1 Å². The van der Waals surface area contributed by atoms with Crippen molar-refractivity contribution in [3.05, 3.63) is 52.8 Å². The quantitative estimate of drug-likeness (QED) is 0.840. The van der Waals surface area contributed by atoms with Crippen molar-refractivity contribution in [2.24, 2.45) is 7.05 Å². The molecule has 1 aromatic heterocycles. The van der Waals surface area contributed by atoms with E-state index in [0.29, 0.717) is 5.56 Å². The molecule has 0 radical (unpaired) electrons. The number of hydrogen-bond donors (Lipinski definition) is 0. The Kier molecular flexibility index (Phi) is 3.98. The lowest BCUT2D eigenvalue weighted by Gasteiger charge is -2.16. The van der Waals surface area contributed by atoms with Crippen molar-refractivity contribution < 1.29 is 0 Å². The van der Waals surface area contributed by atoms with E-state index in [2.05, 4.69) is 29.2 Å². The Morgan fingerprint density at radius 3 is 2.74 bits per heavy atom. The summed E-state index contributed by atoms with van der Waals surface area (Å²) in [5.74, 6) is 0. The fraction of sp³-hybridized carbons (Fsp3) is 0.333. The Morgan fingerprint density at radius 1 is 1.32 bits per heavy atom. The summed E-state index contributed by atoms with van der Waals surface area (Å²) in [6, 6.07) is 12.0. The van der Waals surface area contributed by atoms with Gasteiger partial charge in [-0.05, 0) is 37.7 Å². The molecule has 2 aromatic rings. The van der Waals surface area contributed by atoms with Crippen molar-refractivity contribution in [1.29, 1.82) is 5.26 Å². The third kappa shape index (κ3) is 3.43. The molecule has 0 spiro atoms. The summed E-state index contributed by atoms with van der Waals surface area (Å²) in [5, 5.41) is 13.2.